The summed E-state index contributed by atoms with van der Waals surface area (Å²) in [4.78, 5) is 29.8. The fourth-order valence-corrected chi connectivity index (χ4v) is 3.42. The Bertz CT molecular complexity index is 1510. The summed E-state index contributed by atoms with van der Waals surface area (Å²) in [6, 6.07) is 8.90. The van der Waals surface area contributed by atoms with Gasteiger partial charge in [0.1, 0.15) is 11.4 Å². The van der Waals surface area contributed by atoms with Gasteiger partial charge in [-0.25, -0.2) is 18.3 Å². The molecule has 0 fully saturated rings. The minimum Gasteiger partial charge on any atom is -0.432 e. The van der Waals surface area contributed by atoms with E-state index in [0.717, 1.165) is 34.8 Å². The lowest BCUT2D eigenvalue weighted by molar-refractivity contribution is -0.0528. The van der Waals surface area contributed by atoms with Crippen LogP contribution >= 0.6 is 0 Å². The molecule has 2 aromatic carbocycles. The predicted molar refractivity (Wildman–Crippen MR) is 121 cm³/mol. The van der Waals surface area contributed by atoms with Crippen LogP contribution in [-0.4, -0.2) is 39.6 Å². The van der Waals surface area contributed by atoms with Crippen molar-refractivity contribution in [2.75, 3.05) is 0 Å². The Hall–Kier alpha value is -4.82. The van der Waals surface area contributed by atoms with E-state index >= 15 is 0 Å². The molecular weight excluding hydrogens is 536 g/mol. The van der Waals surface area contributed by atoms with Crippen LogP contribution in [-0.2, 0) is 13.1 Å². The second-order valence-electron chi connectivity index (χ2n) is 7.78. The van der Waals surface area contributed by atoms with E-state index in [-0.39, 0.29) is 41.3 Å². The van der Waals surface area contributed by atoms with Crippen molar-refractivity contribution in [1.29, 1.82) is 0 Å². The highest BCUT2D eigenvalue weighted by Gasteiger charge is 2.19. The van der Waals surface area contributed by atoms with E-state index in [1.165, 1.54) is 24.4 Å². The Kier molecular flexibility index (Phi) is 8.17. The van der Waals surface area contributed by atoms with Crippen LogP contribution in [0, 0.1) is 11.6 Å². The molecule has 0 spiro atoms. The Morgan fingerprint density at radius 3 is 1.87 bits per heavy atom. The van der Waals surface area contributed by atoms with Gasteiger partial charge in [0.05, 0.1) is 6.20 Å². The van der Waals surface area contributed by atoms with E-state index in [2.05, 4.69) is 30.2 Å². The van der Waals surface area contributed by atoms with Gasteiger partial charge >= 0.3 is 13.2 Å². The summed E-state index contributed by atoms with van der Waals surface area (Å²) in [5.41, 5.74) is 0.318. The summed E-state index contributed by atoms with van der Waals surface area (Å²) in [6.45, 7) is -6.90. The molecule has 9 nitrogen and oxygen atoms in total. The first-order valence-electron chi connectivity index (χ1n) is 11.0. The van der Waals surface area contributed by atoms with Gasteiger partial charge in [-0.2, -0.15) is 22.7 Å². The third kappa shape index (κ3) is 6.74. The number of benzene rings is 2. The molecule has 4 aromatic rings. The molecule has 15 heteroatoms. The zero-order chi connectivity index (χ0) is 28.1. The number of alkyl halides is 4. The number of hydrogen-bond acceptors (Lipinski definition) is 6. The van der Waals surface area contributed by atoms with Gasteiger partial charge in [0.2, 0.25) is 0 Å². The van der Waals surface area contributed by atoms with Gasteiger partial charge in [-0.05, 0) is 35.4 Å². The summed E-state index contributed by atoms with van der Waals surface area (Å²) < 4.78 is 86.5. The Morgan fingerprint density at radius 2 is 1.33 bits per heavy atom. The molecule has 2 N–H and O–H groups in total. The van der Waals surface area contributed by atoms with E-state index in [1.807, 2.05) is 0 Å². The molecule has 0 aliphatic heterocycles. The molecule has 204 valence electrons. The molecule has 0 unspecified atom stereocenters. The number of rotatable bonds is 10. The van der Waals surface area contributed by atoms with Crippen molar-refractivity contribution in [3.63, 3.8) is 0 Å². The van der Waals surface area contributed by atoms with Crippen molar-refractivity contribution in [2.45, 2.75) is 26.3 Å². The number of fused-ring (bicyclic) bond motifs is 1. The summed E-state index contributed by atoms with van der Waals surface area (Å²) in [5, 5.41) is 8.98. The molecule has 39 heavy (non-hydrogen) atoms. The topological polar surface area (TPSA) is 107 Å². The SMILES string of the molecule is O=C(NCc1ccc(F)c(OC(F)F)c1)c1cc(C(=O)NCc2ccc(F)c(OC(F)F)c2)n2nccc2n1. The third-order valence-corrected chi connectivity index (χ3v) is 5.15. The second kappa shape index (κ2) is 11.7. The van der Waals surface area contributed by atoms with E-state index in [1.54, 1.807) is 0 Å². The van der Waals surface area contributed by atoms with Crippen LogP contribution in [0.3, 0.4) is 0 Å². The number of amides is 2. The number of nitrogens with one attached hydrogen (secondary N) is 2. The van der Waals surface area contributed by atoms with Gasteiger partial charge in [-0.3, -0.25) is 9.59 Å². The lowest BCUT2D eigenvalue weighted by Gasteiger charge is -2.11. The molecule has 4 rings (SSSR count). The lowest BCUT2D eigenvalue weighted by Crippen LogP contribution is -2.28. The lowest BCUT2D eigenvalue weighted by atomic mass is 10.2. The highest BCUT2D eigenvalue weighted by molar-refractivity contribution is 5.98. The van der Waals surface area contributed by atoms with E-state index < -0.39 is 48.2 Å². The highest BCUT2D eigenvalue weighted by atomic mass is 19.3. The van der Waals surface area contributed by atoms with Crippen molar-refractivity contribution in [3.05, 3.63) is 88.9 Å². The van der Waals surface area contributed by atoms with Crippen molar-refractivity contribution in [3.8, 4) is 11.5 Å². The van der Waals surface area contributed by atoms with Gasteiger partial charge < -0.3 is 20.1 Å². The van der Waals surface area contributed by atoms with Crippen LogP contribution in [0.5, 0.6) is 11.5 Å². The molecule has 2 aromatic heterocycles. The molecular formula is C24H17F6N5O4. The standard InChI is InChI=1S/C24H17F6N5O4/c25-14-3-1-12(7-18(14)38-23(27)28)10-31-21(36)16-9-17(35-20(34-16)5-6-33-35)22(37)32-11-13-2-4-15(26)19(8-13)39-24(29)30/h1-9,23-24H,10-11H2,(H,31,36)(H,32,37). The maximum Gasteiger partial charge on any atom is 0.387 e. The van der Waals surface area contributed by atoms with Crippen LogP contribution in [0.15, 0.2) is 54.7 Å². The maximum atomic E-state index is 13.7. The molecule has 0 radical (unpaired) electrons. The van der Waals surface area contributed by atoms with E-state index in [9.17, 15) is 35.9 Å². The number of carbonyl (C=O) groups is 2. The van der Waals surface area contributed by atoms with Crippen LogP contribution in [0.1, 0.15) is 32.1 Å². The van der Waals surface area contributed by atoms with Gasteiger partial charge in [-0.15, -0.1) is 0 Å². The second-order valence-corrected chi connectivity index (χ2v) is 7.78. The van der Waals surface area contributed by atoms with Gasteiger partial charge in [0, 0.05) is 25.2 Å². The van der Waals surface area contributed by atoms with E-state index in [0.29, 0.717) is 0 Å². The third-order valence-electron chi connectivity index (χ3n) is 5.15. The van der Waals surface area contributed by atoms with Gasteiger partial charge in [0.15, 0.2) is 28.8 Å². The number of carbonyl (C=O) groups excluding carboxylic acids is 2. The number of aromatic nitrogens is 3. The number of nitrogens with zero attached hydrogens (tertiary/aromatic N) is 3. The quantitative estimate of drug-likeness (QED) is 0.287. The van der Waals surface area contributed by atoms with Gasteiger partial charge in [-0.1, -0.05) is 12.1 Å². The first-order valence-corrected chi connectivity index (χ1v) is 11.0. The molecule has 0 atom stereocenters. The summed E-state index contributed by atoms with van der Waals surface area (Å²) in [6.07, 6.45) is 1.33. The van der Waals surface area contributed by atoms with Crippen LogP contribution in [0.2, 0.25) is 0 Å². The largest absolute Gasteiger partial charge is 0.432 e. The minimum atomic E-state index is -3.24. The van der Waals surface area contributed by atoms with Gasteiger partial charge in [0.25, 0.3) is 11.8 Å². The number of halogens is 6. The maximum absolute atomic E-state index is 13.7. The smallest absolute Gasteiger partial charge is 0.387 e. The summed E-state index contributed by atoms with van der Waals surface area (Å²) in [5.74, 6) is -4.88. The molecule has 0 saturated carbocycles. The predicted octanol–water partition coefficient (Wildman–Crippen LogP) is 4.07. The fourth-order valence-electron chi connectivity index (χ4n) is 3.42. The zero-order valence-electron chi connectivity index (χ0n) is 19.5. The molecule has 0 saturated heterocycles. The normalized spacial score (nSPS) is 11.2. The first-order chi connectivity index (χ1) is 18.6. The molecule has 0 bridgehead atoms. The van der Waals surface area contributed by atoms with E-state index in [4.69, 9.17) is 0 Å². The minimum absolute atomic E-state index is 0.115. The summed E-state index contributed by atoms with van der Waals surface area (Å²) >= 11 is 0. The number of ether oxygens (including phenoxy) is 2. The van der Waals surface area contributed by atoms with Crippen molar-refractivity contribution in [1.82, 2.24) is 25.2 Å². The Labute approximate surface area is 215 Å². The van der Waals surface area contributed by atoms with Crippen molar-refractivity contribution in [2.24, 2.45) is 0 Å². The van der Waals surface area contributed by atoms with Crippen molar-refractivity contribution >= 4 is 17.5 Å². The monoisotopic (exact) mass is 553 g/mol. The molecule has 2 amide bonds. The summed E-state index contributed by atoms with van der Waals surface area (Å²) in [7, 11) is 0. The average Bonchev–Trinajstić information content (AvgIpc) is 3.37. The Morgan fingerprint density at radius 1 is 0.795 bits per heavy atom. The van der Waals surface area contributed by atoms with Crippen LogP contribution in [0.4, 0.5) is 26.3 Å². The molecule has 0 aliphatic carbocycles. The fraction of sp³-hybridized carbons (Fsp3) is 0.167. The first kappa shape index (κ1) is 27.2. The Balaban J connectivity index is 1.48. The van der Waals surface area contributed by atoms with Crippen molar-refractivity contribution < 1.29 is 45.4 Å². The number of hydrogen-bond donors (Lipinski definition) is 2. The molecule has 2 heterocycles. The highest BCUT2D eigenvalue weighted by Crippen LogP contribution is 2.22. The molecule has 0 aliphatic rings. The van der Waals surface area contributed by atoms with Crippen LogP contribution < -0.4 is 20.1 Å². The van der Waals surface area contributed by atoms with Crippen LogP contribution in [0.25, 0.3) is 5.65 Å². The average molecular weight is 553 g/mol. The zero-order valence-corrected chi connectivity index (χ0v) is 19.5.